The molecule has 0 spiro atoms. The van der Waals surface area contributed by atoms with E-state index in [0.717, 1.165) is 53.5 Å². The summed E-state index contributed by atoms with van der Waals surface area (Å²) in [6.45, 7) is 4.12. The second kappa shape index (κ2) is 5.66. The Labute approximate surface area is 153 Å². The van der Waals surface area contributed by atoms with Crippen LogP contribution in [0.3, 0.4) is 0 Å². The van der Waals surface area contributed by atoms with Gasteiger partial charge in [-0.3, -0.25) is 0 Å². The van der Waals surface area contributed by atoms with Crippen molar-refractivity contribution in [3.63, 3.8) is 0 Å². The minimum absolute atomic E-state index is 0.638. The van der Waals surface area contributed by atoms with Gasteiger partial charge in [0.05, 0.1) is 6.33 Å². The Bertz CT molecular complexity index is 908. The molecule has 2 aliphatic rings. The maximum Gasteiger partial charge on any atom is 0.165 e. The fraction of sp³-hybridized carbons (Fsp3) is 0.412. The minimum Gasteiger partial charge on any atom is -0.356 e. The van der Waals surface area contributed by atoms with Crippen molar-refractivity contribution in [2.75, 3.05) is 36.0 Å². The van der Waals surface area contributed by atoms with Crippen LogP contribution in [0, 0.1) is 11.8 Å². The second-order valence-corrected chi connectivity index (χ2v) is 7.81. The van der Waals surface area contributed by atoms with Crippen LogP contribution in [0.1, 0.15) is 0 Å². The smallest absolute Gasteiger partial charge is 0.165 e. The molecule has 2 unspecified atom stereocenters. The SMILES string of the molecule is Cn1cnc2c(N3CC4CN(c5ccc(Br)cn5)CC4C3)ncnc21. The Morgan fingerprint density at radius 1 is 0.960 bits per heavy atom. The summed E-state index contributed by atoms with van der Waals surface area (Å²) in [5.41, 5.74) is 1.79. The zero-order chi connectivity index (χ0) is 17.0. The van der Waals surface area contributed by atoms with Gasteiger partial charge in [0.25, 0.3) is 0 Å². The highest BCUT2D eigenvalue weighted by atomic mass is 79.9. The molecule has 5 heterocycles. The van der Waals surface area contributed by atoms with Gasteiger partial charge in [-0.1, -0.05) is 0 Å². The lowest BCUT2D eigenvalue weighted by Gasteiger charge is -2.23. The number of hydrogen-bond acceptors (Lipinski definition) is 6. The standard InChI is InChI=1S/C17H18BrN7/c1-23-10-22-15-16(23)20-9-21-17(15)25-7-11-5-24(6-12(11)8-25)14-3-2-13(18)4-19-14/h2-4,9-12H,5-8H2,1H3. The van der Waals surface area contributed by atoms with E-state index in [9.17, 15) is 0 Å². The van der Waals surface area contributed by atoms with Crippen molar-refractivity contribution < 1.29 is 0 Å². The number of rotatable bonds is 2. The summed E-state index contributed by atoms with van der Waals surface area (Å²) < 4.78 is 2.96. The molecule has 0 saturated carbocycles. The van der Waals surface area contributed by atoms with E-state index in [1.54, 1.807) is 12.7 Å². The molecule has 0 aromatic carbocycles. The average molecular weight is 400 g/mol. The van der Waals surface area contributed by atoms with Crippen molar-refractivity contribution in [1.29, 1.82) is 0 Å². The predicted molar refractivity (Wildman–Crippen MR) is 99.6 cm³/mol. The molecular formula is C17H18BrN7. The Hall–Kier alpha value is -2.22. The lowest BCUT2D eigenvalue weighted by molar-refractivity contribution is 0.533. The molecule has 128 valence electrons. The molecule has 25 heavy (non-hydrogen) atoms. The number of fused-ring (bicyclic) bond motifs is 2. The molecule has 3 aromatic rings. The molecule has 0 N–H and O–H groups in total. The van der Waals surface area contributed by atoms with Crippen LogP contribution in [0.25, 0.3) is 11.2 Å². The van der Waals surface area contributed by atoms with Crippen LogP contribution in [0.15, 0.2) is 35.5 Å². The van der Waals surface area contributed by atoms with E-state index in [4.69, 9.17) is 0 Å². The third-order valence-electron chi connectivity index (χ3n) is 5.30. The lowest BCUT2D eigenvalue weighted by atomic mass is 10.0. The van der Waals surface area contributed by atoms with Crippen molar-refractivity contribution in [3.05, 3.63) is 35.5 Å². The summed E-state index contributed by atoms with van der Waals surface area (Å²) in [7, 11) is 1.97. The molecule has 0 radical (unpaired) electrons. The minimum atomic E-state index is 0.638. The molecule has 0 amide bonds. The number of hydrogen-bond donors (Lipinski definition) is 0. The number of imidazole rings is 1. The molecule has 2 saturated heterocycles. The van der Waals surface area contributed by atoms with Crippen LogP contribution in [0.4, 0.5) is 11.6 Å². The van der Waals surface area contributed by atoms with E-state index < -0.39 is 0 Å². The van der Waals surface area contributed by atoms with Gasteiger partial charge in [-0.25, -0.2) is 19.9 Å². The molecule has 0 bridgehead atoms. The van der Waals surface area contributed by atoms with E-state index in [-0.39, 0.29) is 0 Å². The number of nitrogens with zero attached hydrogens (tertiary/aromatic N) is 7. The van der Waals surface area contributed by atoms with Crippen molar-refractivity contribution in [2.45, 2.75) is 0 Å². The summed E-state index contributed by atoms with van der Waals surface area (Å²) in [5, 5.41) is 0. The third kappa shape index (κ3) is 2.47. The molecule has 2 atom stereocenters. The van der Waals surface area contributed by atoms with Gasteiger partial charge < -0.3 is 14.4 Å². The van der Waals surface area contributed by atoms with Crippen LogP contribution in [-0.4, -0.2) is 50.7 Å². The molecule has 7 nitrogen and oxygen atoms in total. The topological polar surface area (TPSA) is 63.0 Å². The Kier molecular flexibility index (Phi) is 3.41. The number of pyridine rings is 1. The molecule has 2 aliphatic heterocycles. The van der Waals surface area contributed by atoms with Crippen LogP contribution in [0.2, 0.25) is 0 Å². The summed E-state index contributed by atoms with van der Waals surface area (Å²) in [6.07, 6.45) is 5.32. The summed E-state index contributed by atoms with van der Waals surface area (Å²) in [6, 6.07) is 4.15. The summed E-state index contributed by atoms with van der Waals surface area (Å²) >= 11 is 3.45. The van der Waals surface area contributed by atoms with Gasteiger partial charge in [-0.2, -0.15) is 0 Å². The van der Waals surface area contributed by atoms with E-state index >= 15 is 0 Å². The monoisotopic (exact) mass is 399 g/mol. The van der Waals surface area contributed by atoms with Crippen LogP contribution in [0.5, 0.6) is 0 Å². The van der Waals surface area contributed by atoms with Gasteiger partial charge in [-0.05, 0) is 28.1 Å². The van der Waals surface area contributed by atoms with Crippen LogP contribution in [-0.2, 0) is 7.05 Å². The first-order valence-corrected chi connectivity index (χ1v) is 9.22. The Morgan fingerprint density at radius 2 is 1.72 bits per heavy atom. The zero-order valence-electron chi connectivity index (χ0n) is 13.9. The van der Waals surface area contributed by atoms with E-state index in [1.165, 1.54) is 0 Å². The highest BCUT2D eigenvalue weighted by Gasteiger charge is 2.41. The first-order chi connectivity index (χ1) is 12.2. The third-order valence-corrected chi connectivity index (χ3v) is 5.77. The number of halogens is 1. The molecular weight excluding hydrogens is 382 g/mol. The number of aryl methyl sites for hydroxylation is 1. The van der Waals surface area contributed by atoms with Gasteiger partial charge >= 0.3 is 0 Å². The second-order valence-electron chi connectivity index (χ2n) is 6.89. The van der Waals surface area contributed by atoms with Gasteiger partial charge in [-0.15, -0.1) is 0 Å². The largest absolute Gasteiger partial charge is 0.356 e. The number of aromatic nitrogens is 5. The first-order valence-electron chi connectivity index (χ1n) is 8.42. The molecule has 5 rings (SSSR count). The fourth-order valence-electron chi connectivity index (χ4n) is 4.07. The van der Waals surface area contributed by atoms with Gasteiger partial charge in [0, 0.05) is 55.7 Å². The lowest BCUT2D eigenvalue weighted by Crippen LogP contribution is -2.29. The van der Waals surface area contributed by atoms with Crippen molar-refractivity contribution >= 4 is 38.7 Å². The van der Waals surface area contributed by atoms with Gasteiger partial charge in [0.15, 0.2) is 17.0 Å². The first kappa shape index (κ1) is 15.1. The van der Waals surface area contributed by atoms with Crippen LogP contribution < -0.4 is 9.80 Å². The molecule has 0 aliphatic carbocycles. The summed E-state index contributed by atoms with van der Waals surface area (Å²) in [5.74, 6) is 3.31. The summed E-state index contributed by atoms with van der Waals surface area (Å²) in [4.78, 5) is 22.7. The van der Waals surface area contributed by atoms with E-state index in [0.29, 0.717) is 11.8 Å². The average Bonchev–Trinajstić information content (AvgIpc) is 3.29. The van der Waals surface area contributed by atoms with E-state index in [2.05, 4.69) is 57.8 Å². The van der Waals surface area contributed by atoms with E-state index in [1.807, 2.05) is 17.8 Å². The maximum atomic E-state index is 4.54. The quantitative estimate of drug-likeness (QED) is 0.657. The molecule has 2 fully saturated rings. The van der Waals surface area contributed by atoms with Crippen LogP contribution >= 0.6 is 15.9 Å². The zero-order valence-corrected chi connectivity index (χ0v) is 15.5. The highest BCUT2D eigenvalue weighted by Crippen LogP contribution is 2.36. The normalized spacial score (nSPS) is 22.8. The van der Waals surface area contributed by atoms with Crippen molar-refractivity contribution in [2.24, 2.45) is 18.9 Å². The number of anilines is 2. The van der Waals surface area contributed by atoms with Gasteiger partial charge in [0.1, 0.15) is 12.1 Å². The fourth-order valence-corrected chi connectivity index (χ4v) is 4.31. The molecule has 8 heteroatoms. The van der Waals surface area contributed by atoms with Crippen molar-refractivity contribution in [3.8, 4) is 0 Å². The van der Waals surface area contributed by atoms with Crippen molar-refractivity contribution in [1.82, 2.24) is 24.5 Å². The molecule has 3 aromatic heterocycles. The predicted octanol–water partition coefficient (Wildman–Crippen LogP) is 2.09. The maximum absolute atomic E-state index is 4.54. The highest BCUT2D eigenvalue weighted by molar-refractivity contribution is 9.10. The Morgan fingerprint density at radius 3 is 2.44 bits per heavy atom. The Balaban J connectivity index is 1.36. The van der Waals surface area contributed by atoms with Gasteiger partial charge in [0.2, 0.25) is 0 Å².